The normalized spacial score (nSPS) is 34.1. The van der Waals surface area contributed by atoms with Crippen LogP contribution in [-0.2, 0) is 6.54 Å². The summed E-state index contributed by atoms with van der Waals surface area (Å²) in [5.74, 6) is 3.88. The van der Waals surface area contributed by atoms with E-state index in [1.807, 2.05) is 0 Å². The number of hydrogen-bond donors (Lipinski definition) is 1. The van der Waals surface area contributed by atoms with E-state index in [1.165, 1.54) is 44.1 Å². The van der Waals surface area contributed by atoms with Gasteiger partial charge in [-0.3, -0.25) is 0 Å². The van der Waals surface area contributed by atoms with Crippen LogP contribution in [0.2, 0.25) is 0 Å². The summed E-state index contributed by atoms with van der Waals surface area (Å²) in [6.45, 7) is 5.06. The molecule has 0 aliphatic heterocycles. The van der Waals surface area contributed by atoms with Crippen LogP contribution < -0.4 is 10.1 Å². The van der Waals surface area contributed by atoms with Crippen molar-refractivity contribution in [2.75, 3.05) is 0 Å². The summed E-state index contributed by atoms with van der Waals surface area (Å²) in [6.07, 6.45) is 8.87. The molecular formula is C20H27Br2NO. The second-order valence-electron chi connectivity index (χ2n) is 8.61. The van der Waals surface area contributed by atoms with Gasteiger partial charge in [-0.15, -0.1) is 0 Å². The Bertz CT molecular complexity index is 570. The maximum Gasteiger partial charge on any atom is 0.148 e. The van der Waals surface area contributed by atoms with E-state index in [-0.39, 0.29) is 6.10 Å². The van der Waals surface area contributed by atoms with Crippen LogP contribution in [-0.4, -0.2) is 11.6 Å². The zero-order valence-electron chi connectivity index (χ0n) is 14.6. The average Bonchev–Trinajstić information content (AvgIpc) is 2.47. The highest BCUT2D eigenvalue weighted by molar-refractivity contribution is 9.11. The molecule has 0 unspecified atom stereocenters. The van der Waals surface area contributed by atoms with Crippen LogP contribution in [0.25, 0.3) is 0 Å². The van der Waals surface area contributed by atoms with Crippen molar-refractivity contribution in [3.05, 3.63) is 26.6 Å². The van der Waals surface area contributed by atoms with Gasteiger partial charge in [0.25, 0.3) is 0 Å². The molecule has 4 aliphatic rings. The van der Waals surface area contributed by atoms with Gasteiger partial charge in [0.1, 0.15) is 5.75 Å². The molecule has 4 fully saturated rings. The van der Waals surface area contributed by atoms with E-state index in [2.05, 4.69) is 63.2 Å². The van der Waals surface area contributed by atoms with Gasteiger partial charge in [-0.25, -0.2) is 0 Å². The minimum absolute atomic E-state index is 0.175. The second kappa shape index (κ2) is 6.59. The van der Waals surface area contributed by atoms with E-state index >= 15 is 0 Å². The van der Waals surface area contributed by atoms with Crippen molar-refractivity contribution in [2.24, 2.45) is 17.8 Å². The molecule has 2 nitrogen and oxygen atoms in total. The molecule has 4 bridgehead atoms. The quantitative estimate of drug-likeness (QED) is 0.581. The largest absolute Gasteiger partial charge is 0.489 e. The molecule has 0 amide bonds. The van der Waals surface area contributed by atoms with Crippen LogP contribution >= 0.6 is 31.9 Å². The first-order valence-corrected chi connectivity index (χ1v) is 10.9. The Kier molecular flexibility index (Phi) is 4.77. The first-order chi connectivity index (χ1) is 11.4. The predicted molar refractivity (Wildman–Crippen MR) is 105 cm³/mol. The Morgan fingerprint density at radius 3 is 2.00 bits per heavy atom. The number of benzene rings is 1. The van der Waals surface area contributed by atoms with Gasteiger partial charge in [0.15, 0.2) is 0 Å². The molecule has 5 rings (SSSR count). The highest BCUT2D eigenvalue weighted by atomic mass is 79.9. The minimum Gasteiger partial charge on any atom is -0.489 e. The smallest absolute Gasteiger partial charge is 0.148 e. The molecule has 0 aromatic heterocycles. The summed E-state index contributed by atoms with van der Waals surface area (Å²) in [5, 5.41) is 3.98. The topological polar surface area (TPSA) is 21.3 Å². The Morgan fingerprint density at radius 1 is 1.04 bits per heavy atom. The monoisotopic (exact) mass is 455 g/mol. The van der Waals surface area contributed by atoms with Gasteiger partial charge in [0, 0.05) is 12.1 Å². The molecule has 4 saturated carbocycles. The molecule has 1 aromatic rings. The van der Waals surface area contributed by atoms with Crippen molar-refractivity contribution < 1.29 is 4.74 Å². The summed E-state index contributed by atoms with van der Waals surface area (Å²) in [6, 6.07) is 4.41. The lowest BCUT2D eigenvalue weighted by Gasteiger charge is -2.57. The van der Waals surface area contributed by atoms with Crippen molar-refractivity contribution in [1.29, 1.82) is 0 Å². The highest BCUT2D eigenvalue weighted by Gasteiger charge is 2.50. The van der Waals surface area contributed by atoms with Crippen molar-refractivity contribution in [3.8, 4) is 5.75 Å². The lowest BCUT2D eigenvalue weighted by atomic mass is 9.53. The number of nitrogens with one attached hydrogen (secondary N) is 1. The first-order valence-electron chi connectivity index (χ1n) is 9.32. The summed E-state index contributed by atoms with van der Waals surface area (Å²) >= 11 is 7.36. The summed E-state index contributed by atoms with van der Waals surface area (Å²) in [4.78, 5) is 0. The van der Waals surface area contributed by atoms with Crippen LogP contribution in [0.3, 0.4) is 0 Å². The van der Waals surface area contributed by atoms with E-state index in [1.54, 1.807) is 0 Å². The summed E-state index contributed by atoms with van der Waals surface area (Å²) < 4.78 is 7.97. The Balaban J connectivity index is 1.46. The molecule has 0 saturated heterocycles. The lowest BCUT2D eigenvalue weighted by Crippen LogP contribution is -2.58. The maximum absolute atomic E-state index is 5.90. The summed E-state index contributed by atoms with van der Waals surface area (Å²) in [7, 11) is 0. The fourth-order valence-corrected chi connectivity index (χ4v) is 7.15. The highest BCUT2D eigenvalue weighted by Crippen LogP contribution is 2.55. The fourth-order valence-electron chi connectivity index (χ4n) is 5.68. The third-order valence-corrected chi connectivity index (χ3v) is 7.30. The van der Waals surface area contributed by atoms with Gasteiger partial charge in [-0.1, -0.05) is 0 Å². The zero-order chi connectivity index (χ0) is 16.9. The fraction of sp³-hybridized carbons (Fsp3) is 0.700. The van der Waals surface area contributed by atoms with E-state index in [4.69, 9.17) is 4.74 Å². The van der Waals surface area contributed by atoms with Gasteiger partial charge in [-0.2, -0.15) is 0 Å². The third kappa shape index (κ3) is 3.43. The van der Waals surface area contributed by atoms with E-state index in [0.29, 0.717) is 5.54 Å². The van der Waals surface area contributed by atoms with Crippen LogP contribution in [0.5, 0.6) is 5.75 Å². The van der Waals surface area contributed by atoms with E-state index in [0.717, 1.165) is 39.0 Å². The molecule has 0 radical (unpaired) electrons. The second-order valence-corrected chi connectivity index (χ2v) is 10.3. The Labute approximate surface area is 162 Å². The van der Waals surface area contributed by atoms with Crippen molar-refractivity contribution in [3.63, 3.8) is 0 Å². The SMILES string of the molecule is CC(C)Oc1c(Br)cc(CNC23CC4CC(CC(C4)C2)C3)cc1Br. The molecule has 24 heavy (non-hydrogen) atoms. The number of ether oxygens (including phenoxy) is 1. The van der Waals surface area contributed by atoms with Crippen LogP contribution in [0.1, 0.15) is 57.9 Å². The Hall–Kier alpha value is -0.0600. The molecule has 1 aromatic carbocycles. The number of hydrogen-bond acceptors (Lipinski definition) is 2. The Morgan fingerprint density at radius 2 is 1.54 bits per heavy atom. The molecule has 4 aliphatic carbocycles. The van der Waals surface area contributed by atoms with Crippen molar-refractivity contribution in [1.82, 2.24) is 5.32 Å². The molecule has 0 spiro atoms. The summed E-state index contributed by atoms with van der Waals surface area (Å²) in [5.41, 5.74) is 1.74. The molecule has 132 valence electrons. The molecule has 1 N–H and O–H groups in total. The number of rotatable bonds is 5. The zero-order valence-corrected chi connectivity index (χ0v) is 17.8. The van der Waals surface area contributed by atoms with E-state index in [9.17, 15) is 0 Å². The average molecular weight is 457 g/mol. The van der Waals surface area contributed by atoms with Gasteiger partial charge in [-0.05, 0) is 120 Å². The number of halogens is 2. The lowest BCUT2D eigenvalue weighted by molar-refractivity contribution is -0.0206. The molecule has 0 heterocycles. The first kappa shape index (κ1) is 17.4. The van der Waals surface area contributed by atoms with Gasteiger partial charge in [0.2, 0.25) is 0 Å². The molecule has 4 heteroatoms. The predicted octanol–water partition coefficient (Wildman–Crippen LogP) is 6.06. The van der Waals surface area contributed by atoms with Crippen LogP contribution in [0, 0.1) is 17.8 Å². The van der Waals surface area contributed by atoms with Gasteiger partial charge >= 0.3 is 0 Å². The van der Waals surface area contributed by atoms with Crippen LogP contribution in [0.4, 0.5) is 0 Å². The van der Waals surface area contributed by atoms with Gasteiger partial charge in [0.05, 0.1) is 15.0 Å². The van der Waals surface area contributed by atoms with Crippen molar-refractivity contribution >= 4 is 31.9 Å². The molecular weight excluding hydrogens is 430 g/mol. The molecule has 0 atom stereocenters. The van der Waals surface area contributed by atoms with Gasteiger partial charge < -0.3 is 10.1 Å². The van der Waals surface area contributed by atoms with Crippen LogP contribution in [0.15, 0.2) is 21.1 Å². The standard InChI is InChI=1S/C20H27Br2NO/c1-12(2)24-19-17(21)6-16(7-18(19)22)11-23-20-8-13-3-14(9-20)5-15(4-13)10-20/h6-7,12-15,23H,3-5,8-11H2,1-2H3. The minimum atomic E-state index is 0.175. The van der Waals surface area contributed by atoms with Crippen molar-refractivity contribution in [2.45, 2.75) is 70.6 Å². The maximum atomic E-state index is 5.90. The third-order valence-electron chi connectivity index (χ3n) is 6.12. The van der Waals surface area contributed by atoms with E-state index < -0.39 is 0 Å².